The lowest BCUT2D eigenvalue weighted by Crippen LogP contribution is -2.60. The summed E-state index contributed by atoms with van der Waals surface area (Å²) in [5.41, 5.74) is 0.689. The lowest BCUT2D eigenvalue weighted by atomic mass is 9.99. The molecule has 1 aliphatic rings. The zero-order valence-corrected chi connectivity index (χ0v) is 15.7. The van der Waals surface area contributed by atoms with Crippen molar-refractivity contribution in [3.63, 3.8) is 0 Å². The zero-order valence-electron chi connectivity index (χ0n) is 15.7. The number of rotatable bonds is 6. The first-order valence-electron chi connectivity index (χ1n) is 9.12. The highest BCUT2D eigenvalue weighted by molar-refractivity contribution is 6.08. The molecule has 1 saturated heterocycles. The van der Waals surface area contributed by atoms with Gasteiger partial charge in [0.1, 0.15) is 41.7 Å². The summed E-state index contributed by atoms with van der Waals surface area (Å²) >= 11 is 0. The summed E-state index contributed by atoms with van der Waals surface area (Å²) in [6.45, 7) is -0.556. The molecular formula is C21H22O9. The Morgan fingerprint density at radius 2 is 1.70 bits per heavy atom. The number of hydrogen-bond acceptors (Lipinski definition) is 9. The van der Waals surface area contributed by atoms with Crippen LogP contribution in [0.15, 0.2) is 48.5 Å². The SMILES string of the molecule is O=C(C=Cc1ccc(O[C@H]2O[C@@H](CO)[C@@H](O)[C@@H](O)[C@H]2O)cc1)c1ccc(O)cc1O. The van der Waals surface area contributed by atoms with Crippen LogP contribution in [-0.2, 0) is 4.74 Å². The predicted octanol–water partition coefficient (Wildman–Crippen LogP) is 0.173. The summed E-state index contributed by atoms with van der Waals surface area (Å²) in [7, 11) is 0. The monoisotopic (exact) mass is 418 g/mol. The van der Waals surface area contributed by atoms with Crippen LogP contribution in [0.2, 0.25) is 0 Å². The second kappa shape index (κ2) is 9.24. The molecule has 0 aliphatic carbocycles. The van der Waals surface area contributed by atoms with E-state index in [-0.39, 0.29) is 17.1 Å². The fraction of sp³-hybridized carbons (Fsp3) is 0.286. The summed E-state index contributed by atoms with van der Waals surface area (Å²) < 4.78 is 10.8. The highest BCUT2D eigenvalue weighted by Crippen LogP contribution is 2.25. The van der Waals surface area contributed by atoms with Crippen molar-refractivity contribution in [3.05, 3.63) is 59.7 Å². The molecule has 0 amide bonds. The summed E-state index contributed by atoms with van der Waals surface area (Å²) in [4.78, 5) is 12.2. The molecule has 1 heterocycles. The van der Waals surface area contributed by atoms with Crippen LogP contribution in [0.3, 0.4) is 0 Å². The van der Waals surface area contributed by atoms with Crippen molar-refractivity contribution in [2.75, 3.05) is 6.61 Å². The van der Waals surface area contributed by atoms with E-state index >= 15 is 0 Å². The Labute approximate surface area is 171 Å². The number of aromatic hydroxyl groups is 2. The molecule has 2 aromatic carbocycles. The Kier molecular flexibility index (Phi) is 6.70. The van der Waals surface area contributed by atoms with Gasteiger partial charge in [-0.3, -0.25) is 4.79 Å². The largest absolute Gasteiger partial charge is 0.508 e. The van der Waals surface area contributed by atoms with Gasteiger partial charge in [0.25, 0.3) is 0 Å². The van der Waals surface area contributed by atoms with E-state index in [1.807, 2.05) is 0 Å². The average molecular weight is 418 g/mol. The van der Waals surface area contributed by atoms with Crippen molar-refractivity contribution in [3.8, 4) is 17.2 Å². The van der Waals surface area contributed by atoms with Crippen molar-refractivity contribution >= 4 is 11.9 Å². The van der Waals surface area contributed by atoms with E-state index in [1.165, 1.54) is 24.3 Å². The summed E-state index contributed by atoms with van der Waals surface area (Å²) in [6, 6.07) is 10.0. The Bertz CT molecular complexity index is 907. The number of phenols is 2. The number of carbonyl (C=O) groups excluding carboxylic acids is 1. The Morgan fingerprint density at radius 1 is 1.00 bits per heavy atom. The van der Waals surface area contributed by atoms with Crippen molar-refractivity contribution < 1.29 is 44.9 Å². The number of ether oxygens (including phenoxy) is 2. The molecular weight excluding hydrogens is 396 g/mol. The molecule has 1 fully saturated rings. The number of ketones is 1. The van der Waals surface area contributed by atoms with Crippen molar-refractivity contribution in [2.24, 2.45) is 0 Å². The lowest BCUT2D eigenvalue weighted by molar-refractivity contribution is -0.277. The minimum atomic E-state index is -1.54. The summed E-state index contributed by atoms with van der Waals surface area (Å²) in [5.74, 6) is -0.635. The third-order valence-corrected chi connectivity index (χ3v) is 4.65. The number of benzene rings is 2. The first-order valence-corrected chi connectivity index (χ1v) is 9.12. The fourth-order valence-corrected chi connectivity index (χ4v) is 2.95. The molecule has 0 spiro atoms. The Balaban J connectivity index is 1.65. The summed E-state index contributed by atoms with van der Waals surface area (Å²) in [6.07, 6.45) is -4.10. The highest BCUT2D eigenvalue weighted by atomic mass is 16.7. The van der Waals surface area contributed by atoms with Gasteiger partial charge in [-0.15, -0.1) is 0 Å². The second-order valence-electron chi connectivity index (χ2n) is 6.78. The lowest BCUT2D eigenvalue weighted by Gasteiger charge is -2.39. The number of aliphatic hydroxyl groups excluding tert-OH is 4. The van der Waals surface area contributed by atoms with Crippen LogP contribution in [0.4, 0.5) is 0 Å². The maximum Gasteiger partial charge on any atom is 0.229 e. The van der Waals surface area contributed by atoms with Gasteiger partial charge < -0.3 is 40.1 Å². The third kappa shape index (κ3) is 4.78. The average Bonchev–Trinajstić information content (AvgIpc) is 2.73. The number of carbonyl (C=O) groups is 1. The number of hydrogen-bond donors (Lipinski definition) is 6. The van der Waals surface area contributed by atoms with E-state index < -0.39 is 43.1 Å². The van der Waals surface area contributed by atoms with Gasteiger partial charge in [0.2, 0.25) is 6.29 Å². The van der Waals surface area contributed by atoms with Crippen molar-refractivity contribution in [1.29, 1.82) is 0 Å². The van der Waals surface area contributed by atoms with E-state index in [0.29, 0.717) is 11.3 Å². The number of aliphatic hydroxyl groups is 4. The van der Waals surface area contributed by atoms with Gasteiger partial charge in [-0.25, -0.2) is 0 Å². The highest BCUT2D eigenvalue weighted by Gasteiger charge is 2.44. The standard InChI is InChI=1S/C21H22O9/c22-10-17-18(26)19(27)20(28)21(30-17)29-13-5-1-11(2-6-13)3-8-15(24)14-7-4-12(23)9-16(14)25/h1-9,17-23,25-28H,10H2/t17-,18+,19+,20+,21-/m0/s1. The van der Waals surface area contributed by atoms with Crippen LogP contribution in [-0.4, -0.2) is 73.7 Å². The molecule has 30 heavy (non-hydrogen) atoms. The van der Waals surface area contributed by atoms with Crippen LogP contribution in [0, 0.1) is 0 Å². The van der Waals surface area contributed by atoms with Crippen molar-refractivity contribution in [2.45, 2.75) is 30.7 Å². The molecule has 6 N–H and O–H groups in total. The van der Waals surface area contributed by atoms with E-state index in [2.05, 4.69) is 0 Å². The van der Waals surface area contributed by atoms with Gasteiger partial charge in [-0.2, -0.15) is 0 Å². The normalized spacial score (nSPS) is 26.6. The van der Waals surface area contributed by atoms with Gasteiger partial charge in [0.15, 0.2) is 5.78 Å². The van der Waals surface area contributed by atoms with Crippen LogP contribution in [0.1, 0.15) is 15.9 Å². The molecule has 0 unspecified atom stereocenters. The van der Waals surface area contributed by atoms with Crippen LogP contribution in [0.25, 0.3) is 6.08 Å². The molecule has 0 radical (unpaired) electrons. The first-order chi connectivity index (χ1) is 14.3. The Hall–Kier alpha value is -2.95. The second-order valence-corrected chi connectivity index (χ2v) is 6.78. The van der Waals surface area contributed by atoms with E-state index in [4.69, 9.17) is 9.47 Å². The number of allylic oxidation sites excluding steroid dienone is 1. The maximum absolute atomic E-state index is 12.2. The predicted molar refractivity (Wildman–Crippen MR) is 104 cm³/mol. The van der Waals surface area contributed by atoms with Crippen molar-refractivity contribution in [1.82, 2.24) is 0 Å². The first kappa shape index (κ1) is 21.8. The molecule has 3 rings (SSSR count). The van der Waals surface area contributed by atoms with E-state index in [9.17, 15) is 35.4 Å². The molecule has 9 heteroatoms. The molecule has 1 aliphatic heterocycles. The van der Waals surface area contributed by atoms with Gasteiger partial charge in [-0.1, -0.05) is 18.2 Å². The smallest absolute Gasteiger partial charge is 0.229 e. The minimum Gasteiger partial charge on any atom is -0.508 e. The molecule has 2 aromatic rings. The summed E-state index contributed by atoms with van der Waals surface area (Å²) in [5, 5.41) is 57.8. The van der Waals surface area contributed by atoms with E-state index in [1.54, 1.807) is 24.3 Å². The van der Waals surface area contributed by atoms with Gasteiger partial charge in [0, 0.05) is 6.07 Å². The number of phenolic OH excluding ortho intramolecular Hbond substituents is 2. The zero-order chi connectivity index (χ0) is 21.8. The molecule has 0 bridgehead atoms. The topological polar surface area (TPSA) is 157 Å². The minimum absolute atomic E-state index is 0.0478. The quantitative estimate of drug-likeness (QED) is 0.284. The van der Waals surface area contributed by atoms with Crippen LogP contribution in [0.5, 0.6) is 17.2 Å². The molecule has 9 nitrogen and oxygen atoms in total. The Morgan fingerprint density at radius 3 is 2.33 bits per heavy atom. The van der Waals surface area contributed by atoms with Crippen LogP contribution >= 0.6 is 0 Å². The van der Waals surface area contributed by atoms with Crippen LogP contribution < -0.4 is 4.74 Å². The van der Waals surface area contributed by atoms with Gasteiger partial charge in [0.05, 0.1) is 12.2 Å². The molecule has 160 valence electrons. The maximum atomic E-state index is 12.2. The third-order valence-electron chi connectivity index (χ3n) is 4.65. The molecule has 5 atom stereocenters. The molecule has 0 saturated carbocycles. The van der Waals surface area contributed by atoms with E-state index in [0.717, 1.165) is 6.07 Å². The van der Waals surface area contributed by atoms with Gasteiger partial charge in [-0.05, 0) is 35.9 Å². The fourth-order valence-electron chi connectivity index (χ4n) is 2.95. The molecule has 0 aromatic heterocycles. The van der Waals surface area contributed by atoms with Gasteiger partial charge >= 0.3 is 0 Å².